The lowest BCUT2D eigenvalue weighted by Crippen LogP contribution is -2.10. The zero-order valence-corrected chi connectivity index (χ0v) is 10.7. The first-order valence-corrected chi connectivity index (χ1v) is 6.57. The van der Waals surface area contributed by atoms with E-state index in [-0.39, 0.29) is 5.56 Å². The lowest BCUT2D eigenvalue weighted by molar-refractivity contribution is 0.966. The molecule has 4 rings (SSSR count). The molecule has 0 radical (unpaired) electrons. The summed E-state index contributed by atoms with van der Waals surface area (Å²) >= 11 is 0. The SMILES string of the molecule is Nc1n[nH]c(C2CC2)c1-c1nc2ccccc2c(=O)[nH]1. The molecule has 2 heterocycles. The molecule has 100 valence electrons. The minimum Gasteiger partial charge on any atom is -0.382 e. The Morgan fingerprint density at radius 2 is 2.05 bits per heavy atom. The van der Waals surface area contributed by atoms with Crippen molar-refractivity contribution in [1.82, 2.24) is 20.2 Å². The van der Waals surface area contributed by atoms with Crippen LogP contribution in [0, 0.1) is 0 Å². The molecule has 1 aliphatic rings. The van der Waals surface area contributed by atoms with Gasteiger partial charge in [-0.3, -0.25) is 9.89 Å². The molecule has 4 N–H and O–H groups in total. The Hall–Kier alpha value is -2.63. The van der Waals surface area contributed by atoms with E-state index in [1.165, 1.54) is 0 Å². The van der Waals surface area contributed by atoms with E-state index in [0.717, 1.165) is 24.1 Å². The maximum Gasteiger partial charge on any atom is 0.259 e. The van der Waals surface area contributed by atoms with Crippen molar-refractivity contribution in [2.75, 3.05) is 5.73 Å². The summed E-state index contributed by atoms with van der Waals surface area (Å²) in [5.74, 6) is 1.32. The second kappa shape index (κ2) is 3.93. The number of H-pyrrole nitrogens is 2. The summed E-state index contributed by atoms with van der Waals surface area (Å²) in [6.45, 7) is 0. The highest BCUT2D eigenvalue weighted by atomic mass is 16.1. The third-order valence-corrected chi connectivity index (χ3v) is 3.66. The van der Waals surface area contributed by atoms with Gasteiger partial charge in [0.05, 0.1) is 22.2 Å². The van der Waals surface area contributed by atoms with E-state index in [0.29, 0.717) is 28.5 Å². The molecule has 0 atom stereocenters. The van der Waals surface area contributed by atoms with Crippen LogP contribution in [0.25, 0.3) is 22.3 Å². The lowest BCUT2D eigenvalue weighted by atomic mass is 10.1. The van der Waals surface area contributed by atoms with E-state index in [1.54, 1.807) is 6.07 Å². The van der Waals surface area contributed by atoms with Gasteiger partial charge in [0, 0.05) is 5.92 Å². The Bertz CT molecular complexity index is 859. The largest absolute Gasteiger partial charge is 0.382 e. The molecule has 6 heteroatoms. The molecule has 0 unspecified atom stereocenters. The molecule has 1 aliphatic carbocycles. The number of nitrogens with one attached hydrogen (secondary N) is 2. The molecule has 20 heavy (non-hydrogen) atoms. The zero-order valence-electron chi connectivity index (χ0n) is 10.7. The summed E-state index contributed by atoms with van der Waals surface area (Å²) in [4.78, 5) is 19.5. The second-order valence-electron chi connectivity index (χ2n) is 5.10. The molecule has 1 fully saturated rings. The second-order valence-corrected chi connectivity index (χ2v) is 5.10. The Morgan fingerprint density at radius 3 is 2.85 bits per heavy atom. The first kappa shape index (κ1) is 11.2. The van der Waals surface area contributed by atoms with Crippen LogP contribution in [-0.2, 0) is 0 Å². The van der Waals surface area contributed by atoms with Crippen LogP contribution < -0.4 is 11.3 Å². The Labute approximate surface area is 114 Å². The van der Waals surface area contributed by atoms with Crippen molar-refractivity contribution in [1.29, 1.82) is 0 Å². The van der Waals surface area contributed by atoms with E-state index in [2.05, 4.69) is 20.2 Å². The third kappa shape index (κ3) is 1.61. The smallest absolute Gasteiger partial charge is 0.259 e. The van der Waals surface area contributed by atoms with E-state index in [4.69, 9.17) is 5.73 Å². The number of aromatic amines is 2. The fourth-order valence-electron chi connectivity index (χ4n) is 2.49. The lowest BCUT2D eigenvalue weighted by Gasteiger charge is -2.04. The summed E-state index contributed by atoms with van der Waals surface area (Å²) in [5.41, 5.74) is 8.14. The van der Waals surface area contributed by atoms with Gasteiger partial charge in [-0.2, -0.15) is 5.10 Å². The quantitative estimate of drug-likeness (QED) is 0.658. The molecule has 0 spiro atoms. The van der Waals surface area contributed by atoms with Crippen molar-refractivity contribution in [2.24, 2.45) is 0 Å². The maximum atomic E-state index is 12.1. The van der Waals surface area contributed by atoms with Crippen LogP contribution >= 0.6 is 0 Å². The van der Waals surface area contributed by atoms with Gasteiger partial charge in [0.2, 0.25) is 0 Å². The predicted octanol–water partition coefficient (Wildman–Crippen LogP) is 1.77. The van der Waals surface area contributed by atoms with Gasteiger partial charge >= 0.3 is 0 Å². The number of hydrogen-bond donors (Lipinski definition) is 3. The van der Waals surface area contributed by atoms with Gasteiger partial charge in [-0.1, -0.05) is 12.1 Å². The Kier molecular flexibility index (Phi) is 2.20. The van der Waals surface area contributed by atoms with Crippen LogP contribution in [0.3, 0.4) is 0 Å². The molecule has 0 saturated heterocycles. The molecule has 6 nitrogen and oxygen atoms in total. The molecule has 0 aliphatic heterocycles. The summed E-state index contributed by atoms with van der Waals surface area (Å²) in [7, 11) is 0. The molecular formula is C14H13N5O. The number of aromatic nitrogens is 4. The predicted molar refractivity (Wildman–Crippen MR) is 76.3 cm³/mol. The zero-order chi connectivity index (χ0) is 13.7. The number of rotatable bonds is 2. The van der Waals surface area contributed by atoms with Crippen molar-refractivity contribution >= 4 is 16.7 Å². The van der Waals surface area contributed by atoms with Crippen LogP contribution in [-0.4, -0.2) is 20.2 Å². The van der Waals surface area contributed by atoms with Crippen molar-refractivity contribution in [3.8, 4) is 11.4 Å². The standard InChI is InChI=1S/C14H13N5O/c15-12-10(11(18-19-12)7-5-6-7)13-16-9-4-2-1-3-8(9)14(20)17-13/h1-4,7H,5-6H2,(H3,15,18,19)(H,16,17,20). The van der Waals surface area contributed by atoms with Gasteiger partial charge in [-0.25, -0.2) is 4.98 Å². The van der Waals surface area contributed by atoms with Crippen LogP contribution in [0.4, 0.5) is 5.82 Å². The van der Waals surface area contributed by atoms with Gasteiger partial charge in [0.15, 0.2) is 5.82 Å². The summed E-state index contributed by atoms with van der Waals surface area (Å²) in [5, 5.41) is 7.59. The van der Waals surface area contributed by atoms with Crippen molar-refractivity contribution in [3.05, 3.63) is 40.3 Å². The minimum absolute atomic E-state index is 0.159. The topological polar surface area (TPSA) is 100 Å². The van der Waals surface area contributed by atoms with E-state index in [9.17, 15) is 4.79 Å². The summed E-state index contributed by atoms with van der Waals surface area (Å²) < 4.78 is 0. The first-order chi connectivity index (χ1) is 9.74. The minimum atomic E-state index is -0.159. The molecule has 3 aromatic rings. The van der Waals surface area contributed by atoms with Crippen molar-refractivity contribution < 1.29 is 0 Å². The molecule has 1 saturated carbocycles. The van der Waals surface area contributed by atoms with E-state index < -0.39 is 0 Å². The summed E-state index contributed by atoms with van der Waals surface area (Å²) in [6.07, 6.45) is 2.24. The highest BCUT2D eigenvalue weighted by Crippen LogP contribution is 2.44. The molecule has 0 bridgehead atoms. The number of anilines is 1. The van der Waals surface area contributed by atoms with Gasteiger partial charge < -0.3 is 10.7 Å². The first-order valence-electron chi connectivity index (χ1n) is 6.57. The Balaban J connectivity index is 1.99. The third-order valence-electron chi connectivity index (χ3n) is 3.66. The summed E-state index contributed by atoms with van der Waals surface area (Å²) in [6, 6.07) is 7.26. The van der Waals surface area contributed by atoms with Crippen molar-refractivity contribution in [3.63, 3.8) is 0 Å². The van der Waals surface area contributed by atoms with Crippen LogP contribution in [0.5, 0.6) is 0 Å². The number of para-hydroxylation sites is 1. The monoisotopic (exact) mass is 267 g/mol. The van der Waals surface area contributed by atoms with Gasteiger partial charge in [0.25, 0.3) is 5.56 Å². The number of benzene rings is 1. The molecule has 0 amide bonds. The number of nitrogens with zero attached hydrogens (tertiary/aromatic N) is 2. The Morgan fingerprint density at radius 1 is 1.25 bits per heavy atom. The van der Waals surface area contributed by atoms with E-state index in [1.807, 2.05) is 18.2 Å². The normalized spacial score (nSPS) is 14.8. The van der Waals surface area contributed by atoms with Crippen molar-refractivity contribution in [2.45, 2.75) is 18.8 Å². The van der Waals surface area contributed by atoms with Crippen LogP contribution in [0.2, 0.25) is 0 Å². The molecule has 2 aromatic heterocycles. The van der Waals surface area contributed by atoms with E-state index >= 15 is 0 Å². The number of nitrogens with two attached hydrogens (primary N) is 1. The number of fused-ring (bicyclic) bond motifs is 1. The van der Waals surface area contributed by atoms with Gasteiger partial charge in [0.1, 0.15) is 5.82 Å². The number of nitrogen functional groups attached to an aromatic ring is 1. The highest BCUT2D eigenvalue weighted by molar-refractivity contribution is 5.81. The average molecular weight is 267 g/mol. The maximum absolute atomic E-state index is 12.1. The molecule has 1 aromatic carbocycles. The fraction of sp³-hybridized carbons (Fsp3) is 0.214. The van der Waals surface area contributed by atoms with Crippen LogP contribution in [0.1, 0.15) is 24.5 Å². The average Bonchev–Trinajstić information content (AvgIpc) is 3.22. The van der Waals surface area contributed by atoms with Gasteiger partial charge in [-0.15, -0.1) is 0 Å². The fourth-order valence-corrected chi connectivity index (χ4v) is 2.49. The number of hydrogen-bond acceptors (Lipinski definition) is 4. The van der Waals surface area contributed by atoms with Gasteiger partial charge in [-0.05, 0) is 25.0 Å². The highest BCUT2D eigenvalue weighted by Gasteiger charge is 2.30. The van der Waals surface area contributed by atoms with Crippen LogP contribution in [0.15, 0.2) is 29.1 Å². The molecular weight excluding hydrogens is 254 g/mol.